The van der Waals surface area contributed by atoms with E-state index >= 15 is 0 Å². The molecule has 4 rings (SSSR count). The first kappa shape index (κ1) is 20.8. The van der Waals surface area contributed by atoms with Crippen LogP contribution >= 0.6 is 11.8 Å². The van der Waals surface area contributed by atoms with Gasteiger partial charge < -0.3 is 19.4 Å². The van der Waals surface area contributed by atoms with Gasteiger partial charge in [-0.25, -0.2) is 4.98 Å². The van der Waals surface area contributed by atoms with Gasteiger partial charge in [0.1, 0.15) is 22.5 Å². The molecule has 0 aliphatic rings. The van der Waals surface area contributed by atoms with E-state index in [9.17, 15) is 9.59 Å². The van der Waals surface area contributed by atoms with E-state index in [1.54, 1.807) is 33.4 Å². The second-order valence-corrected chi connectivity index (χ2v) is 7.88. The van der Waals surface area contributed by atoms with Crippen LogP contribution in [0.15, 0.2) is 52.4 Å². The lowest BCUT2D eigenvalue weighted by Gasteiger charge is -2.10. The molecule has 0 aliphatic heterocycles. The van der Waals surface area contributed by atoms with Gasteiger partial charge in [-0.05, 0) is 30.3 Å². The number of aryl methyl sites for hydroxylation is 1. The highest BCUT2D eigenvalue weighted by Crippen LogP contribution is 2.30. The van der Waals surface area contributed by atoms with Gasteiger partial charge in [0.05, 0.1) is 31.2 Å². The smallest absolute Gasteiger partial charge is 0.278 e. The number of nitrogens with zero attached hydrogens (tertiary/aromatic N) is 3. The van der Waals surface area contributed by atoms with E-state index in [1.165, 1.54) is 16.3 Å². The standard InChI is InChI=1S/C22H22N4O4S/c1-25-16-10-9-13(29-3)11-14(16)19-20(25)21(28)26(2)22(24-19)31-12-18(27)23-15-7-5-6-8-17(15)30-4/h5-11H,12H2,1-4H3,(H,23,27). The lowest BCUT2D eigenvalue weighted by Crippen LogP contribution is -2.22. The van der Waals surface area contributed by atoms with Gasteiger partial charge in [0, 0.05) is 19.5 Å². The molecule has 0 atom stereocenters. The summed E-state index contributed by atoms with van der Waals surface area (Å²) >= 11 is 1.20. The first-order chi connectivity index (χ1) is 14.9. The van der Waals surface area contributed by atoms with E-state index in [4.69, 9.17) is 14.5 Å². The monoisotopic (exact) mass is 438 g/mol. The average molecular weight is 439 g/mol. The van der Waals surface area contributed by atoms with Gasteiger partial charge in [-0.15, -0.1) is 0 Å². The van der Waals surface area contributed by atoms with Crippen molar-refractivity contribution in [2.75, 3.05) is 25.3 Å². The Bertz CT molecular complexity index is 1360. The Labute approximate surface area is 182 Å². The number of thioether (sulfide) groups is 1. The van der Waals surface area contributed by atoms with Gasteiger partial charge in [0.15, 0.2) is 5.16 Å². The molecule has 160 valence electrons. The molecule has 9 heteroatoms. The predicted octanol–water partition coefficient (Wildman–Crippen LogP) is 3.17. The number of fused-ring (bicyclic) bond motifs is 3. The van der Waals surface area contributed by atoms with Gasteiger partial charge in [0.2, 0.25) is 5.91 Å². The quantitative estimate of drug-likeness (QED) is 0.368. The summed E-state index contributed by atoms with van der Waals surface area (Å²) in [5.41, 5.74) is 2.40. The zero-order valence-corrected chi connectivity index (χ0v) is 18.4. The zero-order valence-electron chi connectivity index (χ0n) is 17.6. The first-order valence-electron chi connectivity index (χ1n) is 9.53. The van der Waals surface area contributed by atoms with Crippen LogP contribution in [-0.2, 0) is 18.9 Å². The first-order valence-corrected chi connectivity index (χ1v) is 10.5. The highest BCUT2D eigenvalue weighted by molar-refractivity contribution is 7.99. The van der Waals surface area contributed by atoms with Crippen molar-refractivity contribution in [1.82, 2.24) is 14.1 Å². The topological polar surface area (TPSA) is 87.4 Å². The number of carbonyl (C=O) groups excluding carboxylic acids is 1. The minimum absolute atomic E-state index is 0.0952. The Kier molecular flexibility index (Phi) is 5.60. The minimum Gasteiger partial charge on any atom is -0.497 e. The molecule has 1 amide bonds. The SMILES string of the molecule is COc1ccc2c(c1)c1nc(SCC(=O)Nc3ccccc3OC)n(C)c(=O)c1n2C. The predicted molar refractivity (Wildman–Crippen MR) is 122 cm³/mol. The second-order valence-electron chi connectivity index (χ2n) is 6.93. The van der Waals surface area contributed by atoms with Crippen molar-refractivity contribution in [3.05, 3.63) is 52.8 Å². The van der Waals surface area contributed by atoms with Crippen molar-refractivity contribution in [2.24, 2.45) is 14.1 Å². The summed E-state index contributed by atoms with van der Waals surface area (Å²) in [7, 11) is 6.65. The molecule has 0 spiro atoms. The summed E-state index contributed by atoms with van der Waals surface area (Å²) in [4.78, 5) is 30.3. The Balaban J connectivity index is 1.66. The molecule has 1 N–H and O–H groups in total. The highest BCUT2D eigenvalue weighted by Gasteiger charge is 2.18. The van der Waals surface area contributed by atoms with Crippen LogP contribution in [0.25, 0.3) is 21.9 Å². The number of methoxy groups -OCH3 is 2. The van der Waals surface area contributed by atoms with Crippen LogP contribution in [-0.4, -0.2) is 40.0 Å². The Morgan fingerprint density at radius 3 is 2.61 bits per heavy atom. The number of ether oxygens (including phenoxy) is 2. The van der Waals surface area contributed by atoms with Crippen molar-refractivity contribution in [1.29, 1.82) is 0 Å². The average Bonchev–Trinajstić information content (AvgIpc) is 3.06. The maximum absolute atomic E-state index is 13.1. The summed E-state index contributed by atoms with van der Waals surface area (Å²) in [6, 6.07) is 12.8. The summed E-state index contributed by atoms with van der Waals surface area (Å²) in [5.74, 6) is 1.14. The number of rotatable bonds is 6. The van der Waals surface area contributed by atoms with Gasteiger partial charge in [-0.3, -0.25) is 14.2 Å². The van der Waals surface area contributed by atoms with E-state index in [-0.39, 0.29) is 17.2 Å². The van der Waals surface area contributed by atoms with Crippen LogP contribution in [0, 0.1) is 0 Å². The molecular formula is C22H22N4O4S. The normalized spacial score (nSPS) is 11.1. The molecular weight excluding hydrogens is 416 g/mol. The fraction of sp³-hybridized carbons (Fsp3) is 0.227. The third kappa shape index (κ3) is 3.72. The number of carbonyl (C=O) groups is 1. The van der Waals surface area contributed by atoms with Crippen molar-refractivity contribution in [3.63, 3.8) is 0 Å². The molecule has 0 bridgehead atoms. The molecule has 8 nitrogen and oxygen atoms in total. The molecule has 0 saturated heterocycles. The van der Waals surface area contributed by atoms with E-state index in [0.29, 0.717) is 33.4 Å². The van der Waals surface area contributed by atoms with E-state index < -0.39 is 0 Å². The van der Waals surface area contributed by atoms with Crippen LogP contribution in [0.2, 0.25) is 0 Å². The molecule has 31 heavy (non-hydrogen) atoms. The van der Waals surface area contributed by atoms with Gasteiger partial charge in [0.25, 0.3) is 5.56 Å². The molecule has 0 radical (unpaired) electrons. The maximum atomic E-state index is 13.1. The van der Waals surface area contributed by atoms with Crippen molar-refractivity contribution >= 4 is 45.3 Å². The molecule has 0 saturated carbocycles. The third-order valence-electron chi connectivity index (χ3n) is 5.09. The number of anilines is 1. The molecule has 2 aromatic heterocycles. The van der Waals surface area contributed by atoms with Crippen LogP contribution < -0.4 is 20.3 Å². The van der Waals surface area contributed by atoms with Crippen LogP contribution in [0.5, 0.6) is 11.5 Å². The van der Waals surface area contributed by atoms with E-state index in [1.807, 2.05) is 41.9 Å². The third-order valence-corrected chi connectivity index (χ3v) is 6.12. The number of nitrogens with one attached hydrogen (secondary N) is 1. The Hall–Kier alpha value is -3.46. The van der Waals surface area contributed by atoms with Gasteiger partial charge in [-0.2, -0.15) is 0 Å². The molecule has 2 heterocycles. The maximum Gasteiger partial charge on any atom is 0.278 e. The fourth-order valence-corrected chi connectivity index (χ4v) is 4.26. The van der Waals surface area contributed by atoms with Crippen LogP contribution in [0.4, 0.5) is 5.69 Å². The Morgan fingerprint density at radius 2 is 1.87 bits per heavy atom. The number of hydrogen-bond acceptors (Lipinski definition) is 6. The number of para-hydroxylation sites is 2. The van der Waals surface area contributed by atoms with Crippen molar-refractivity contribution in [3.8, 4) is 11.5 Å². The van der Waals surface area contributed by atoms with E-state index in [0.717, 1.165) is 10.9 Å². The molecule has 0 fully saturated rings. The number of aromatic nitrogens is 3. The molecule has 2 aromatic carbocycles. The minimum atomic E-state index is -0.219. The van der Waals surface area contributed by atoms with Gasteiger partial charge in [-0.1, -0.05) is 23.9 Å². The number of amides is 1. The second kappa shape index (κ2) is 8.35. The van der Waals surface area contributed by atoms with E-state index in [2.05, 4.69) is 5.32 Å². The summed E-state index contributed by atoms with van der Waals surface area (Å²) in [6.07, 6.45) is 0. The largest absolute Gasteiger partial charge is 0.497 e. The molecule has 0 unspecified atom stereocenters. The summed E-state index contributed by atoms with van der Waals surface area (Å²) in [6.45, 7) is 0. The van der Waals surface area contributed by atoms with Crippen LogP contribution in [0.1, 0.15) is 0 Å². The molecule has 0 aliphatic carbocycles. The lowest BCUT2D eigenvalue weighted by molar-refractivity contribution is -0.113. The lowest BCUT2D eigenvalue weighted by atomic mass is 10.2. The summed E-state index contributed by atoms with van der Waals surface area (Å²) < 4.78 is 13.9. The van der Waals surface area contributed by atoms with Crippen LogP contribution in [0.3, 0.4) is 0 Å². The van der Waals surface area contributed by atoms with Crippen molar-refractivity contribution in [2.45, 2.75) is 5.16 Å². The Morgan fingerprint density at radius 1 is 1.10 bits per heavy atom. The summed E-state index contributed by atoms with van der Waals surface area (Å²) in [5, 5.41) is 4.12. The van der Waals surface area contributed by atoms with Gasteiger partial charge >= 0.3 is 0 Å². The number of benzene rings is 2. The highest BCUT2D eigenvalue weighted by atomic mass is 32.2. The zero-order chi connectivity index (χ0) is 22.1. The fourth-order valence-electron chi connectivity index (χ4n) is 3.50. The number of hydrogen-bond donors (Lipinski definition) is 1. The van der Waals surface area contributed by atoms with Crippen molar-refractivity contribution < 1.29 is 14.3 Å². The molecule has 4 aromatic rings.